The minimum Gasteiger partial charge on any atom is -0.315 e. The Hall–Kier alpha value is -1.65. The Morgan fingerprint density at radius 2 is 2.00 bits per heavy atom. The topological polar surface area (TPSA) is 37.4 Å². The van der Waals surface area contributed by atoms with Crippen LogP contribution in [0.1, 0.15) is 21.5 Å². The average Bonchev–Trinajstić information content (AvgIpc) is 2.73. The monoisotopic (exact) mass is 363 g/mol. The molecule has 0 atom stereocenters. The molecule has 1 aliphatic rings. The van der Waals surface area contributed by atoms with E-state index in [0.717, 1.165) is 15.7 Å². The molecule has 3 nitrogen and oxygen atoms in total. The van der Waals surface area contributed by atoms with Gasteiger partial charge >= 0.3 is 0 Å². The Morgan fingerprint density at radius 3 is 2.71 bits per heavy atom. The first-order chi connectivity index (χ1) is 9.97. The number of ketones is 1. The van der Waals surface area contributed by atoms with E-state index in [-0.39, 0.29) is 11.7 Å². The van der Waals surface area contributed by atoms with Gasteiger partial charge in [-0.25, -0.2) is 0 Å². The highest BCUT2D eigenvalue weighted by atomic mass is 79.9. The predicted molar refractivity (Wildman–Crippen MR) is 86.1 cm³/mol. The van der Waals surface area contributed by atoms with Crippen molar-refractivity contribution in [2.45, 2.75) is 6.42 Å². The zero-order valence-corrected chi connectivity index (χ0v) is 13.5. The highest BCUT2D eigenvalue weighted by Crippen LogP contribution is 2.30. The second-order valence-electron chi connectivity index (χ2n) is 4.93. The number of anilines is 1. The molecule has 1 amide bonds. The van der Waals surface area contributed by atoms with E-state index in [4.69, 9.17) is 11.6 Å². The van der Waals surface area contributed by atoms with Gasteiger partial charge in [-0.05, 0) is 42.0 Å². The van der Waals surface area contributed by atoms with Gasteiger partial charge in [-0.15, -0.1) is 0 Å². The van der Waals surface area contributed by atoms with Gasteiger partial charge in [0.05, 0.1) is 11.4 Å². The zero-order chi connectivity index (χ0) is 15.1. The summed E-state index contributed by atoms with van der Waals surface area (Å²) in [5.74, 6) is -0.103. The first-order valence-electron chi connectivity index (χ1n) is 6.36. The van der Waals surface area contributed by atoms with Crippen LogP contribution in [0, 0.1) is 0 Å². The third kappa shape index (κ3) is 2.49. The van der Waals surface area contributed by atoms with E-state index in [0.29, 0.717) is 22.6 Å². The zero-order valence-electron chi connectivity index (χ0n) is 11.2. The van der Waals surface area contributed by atoms with Crippen LogP contribution in [0.4, 0.5) is 5.69 Å². The van der Waals surface area contributed by atoms with Crippen molar-refractivity contribution in [2.24, 2.45) is 0 Å². The summed E-state index contributed by atoms with van der Waals surface area (Å²) < 4.78 is 0.824. The van der Waals surface area contributed by atoms with Crippen LogP contribution >= 0.6 is 27.5 Å². The van der Waals surface area contributed by atoms with Gasteiger partial charge in [-0.2, -0.15) is 0 Å². The lowest BCUT2D eigenvalue weighted by molar-refractivity contribution is -0.117. The van der Waals surface area contributed by atoms with Gasteiger partial charge in [0, 0.05) is 28.3 Å². The number of rotatable bonds is 2. The standard InChI is InChI=1S/C16H11BrClNO2/c1-19-14-5-2-9(6-10(14)7-15(19)20)16(21)12-4-3-11(17)8-13(12)18/h2-6,8H,7H2,1H3. The van der Waals surface area contributed by atoms with Crippen LogP contribution in [-0.4, -0.2) is 18.7 Å². The van der Waals surface area contributed by atoms with Crippen molar-refractivity contribution in [1.82, 2.24) is 0 Å². The molecule has 106 valence electrons. The second-order valence-corrected chi connectivity index (χ2v) is 6.25. The maximum absolute atomic E-state index is 12.5. The molecular formula is C16H11BrClNO2. The van der Waals surface area contributed by atoms with Gasteiger partial charge in [0.15, 0.2) is 5.78 Å². The van der Waals surface area contributed by atoms with Crippen LogP contribution in [0.15, 0.2) is 40.9 Å². The Kier molecular flexibility index (Phi) is 3.59. The number of fused-ring (bicyclic) bond motifs is 1. The average molecular weight is 365 g/mol. The summed E-state index contributed by atoms with van der Waals surface area (Å²) in [7, 11) is 1.74. The molecule has 5 heteroatoms. The molecule has 1 aliphatic heterocycles. The molecule has 0 N–H and O–H groups in total. The lowest BCUT2D eigenvalue weighted by atomic mass is 10.0. The lowest BCUT2D eigenvalue weighted by Gasteiger charge is -2.10. The number of nitrogens with zero attached hydrogens (tertiary/aromatic N) is 1. The van der Waals surface area contributed by atoms with Crippen molar-refractivity contribution in [3.8, 4) is 0 Å². The van der Waals surface area contributed by atoms with E-state index in [1.165, 1.54) is 0 Å². The maximum atomic E-state index is 12.5. The Labute approximate surface area is 135 Å². The summed E-state index contributed by atoms with van der Waals surface area (Å²) >= 11 is 9.44. The maximum Gasteiger partial charge on any atom is 0.231 e. The number of benzene rings is 2. The van der Waals surface area contributed by atoms with Crippen molar-refractivity contribution >= 4 is 44.9 Å². The minimum absolute atomic E-state index is 0.0382. The van der Waals surface area contributed by atoms with Crippen molar-refractivity contribution in [1.29, 1.82) is 0 Å². The third-order valence-corrected chi connectivity index (χ3v) is 4.40. The summed E-state index contributed by atoms with van der Waals surface area (Å²) in [5.41, 5.74) is 2.73. The van der Waals surface area contributed by atoms with Crippen LogP contribution < -0.4 is 4.90 Å². The van der Waals surface area contributed by atoms with Gasteiger partial charge in [-0.1, -0.05) is 27.5 Å². The number of halogens is 2. The van der Waals surface area contributed by atoms with Gasteiger partial charge in [-0.3, -0.25) is 9.59 Å². The second kappa shape index (κ2) is 5.28. The molecule has 1 heterocycles. The normalized spacial score (nSPS) is 13.5. The largest absolute Gasteiger partial charge is 0.315 e. The summed E-state index contributed by atoms with van der Waals surface area (Å²) in [6.45, 7) is 0. The smallest absolute Gasteiger partial charge is 0.231 e. The molecule has 0 unspecified atom stereocenters. The fourth-order valence-corrected chi connectivity index (χ4v) is 3.20. The molecule has 0 aromatic heterocycles. The van der Waals surface area contributed by atoms with E-state index in [9.17, 15) is 9.59 Å². The predicted octanol–water partition coefficient (Wildman–Crippen LogP) is 3.85. The highest BCUT2D eigenvalue weighted by Gasteiger charge is 2.25. The molecule has 0 fully saturated rings. The Morgan fingerprint density at radius 1 is 1.24 bits per heavy atom. The fourth-order valence-electron chi connectivity index (χ4n) is 2.44. The molecular weight excluding hydrogens is 354 g/mol. The molecule has 0 aliphatic carbocycles. The third-order valence-electron chi connectivity index (χ3n) is 3.59. The summed E-state index contributed by atoms with van der Waals surface area (Å²) in [5, 5.41) is 0.406. The number of amides is 1. The Balaban J connectivity index is 2.00. The van der Waals surface area contributed by atoms with Crippen LogP contribution in [0.3, 0.4) is 0 Å². The van der Waals surface area contributed by atoms with Crippen molar-refractivity contribution in [2.75, 3.05) is 11.9 Å². The number of carbonyl (C=O) groups is 2. The van der Waals surface area contributed by atoms with Crippen LogP contribution in [0.5, 0.6) is 0 Å². The number of likely N-dealkylation sites (N-methyl/N-ethyl adjacent to an activating group) is 1. The van der Waals surface area contributed by atoms with E-state index >= 15 is 0 Å². The van der Waals surface area contributed by atoms with Crippen LogP contribution in [0.2, 0.25) is 5.02 Å². The SMILES string of the molecule is CN1C(=O)Cc2cc(C(=O)c3ccc(Br)cc3Cl)ccc21. The minimum atomic E-state index is -0.141. The number of hydrogen-bond donors (Lipinski definition) is 0. The van der Waals surface area contributed by atoms with Crippen molar-refractivity contribution < 1.29 is 9.59 Å². The van der Waals surface area contributed by atoms with Crippen LogP contribution in [-0.2, 0) is 11.2 Å². The van der Waals surface area contributed by atoms with Gasteiger partial charge < -0.3 is 4.90 Å². The highest BCUT2D eigenvalue weighted by molar-refractivity contribution is 9.10. The van der Waals surface area contributed by atoms with Crippen molar-refractivity contribution in [3.63, 3.8) is 0 Å². The van der Waals surface area contributed by atoms with Gasteiger partial charge in [0.25, 0.3) is 0 Å². The van der Waals surface area contributed by atoms with E-state index in [2.05, 4.69) is 15.9 Å². The first-order valence-corrected chi connectivity index (χ1v) is 7.53. The fraction of sp³-hybridized carbons (Fsp3) is 0.125. The summed E-state index contributed by atoms with van der Waals surface area (Å²) in [6, 6.07) is 10.5. The molecule has 2 aromatic rings. The van der Waals surface area contributed by atoms with Crippen molar-refractivity contribution in [3.05, 3.63) is 62.6 Å². The molecule has 2 aromatic carbocycles. The quantitative estimate of drug-likeness (QED) is 0.759. The first kappa shape index (κ1) is 14.3. The summed E-state index contributed by atoms with van der Waals surface area (Å²) in [4.78, 5) is 25.8. The summed E-state index contributed by atoms with van der Waals surface area (Å²) in [6.07, 6.45) is 0.334. The van der Waals surface area contributed by atoms with Gasteiger partial charge in [0.2, 0.25) is 5.91 Å². The number of hydrogen-bond acceptors (Lipinski definition) is 2. The van der Waals surface area contributed by atoms with E-state index in [1.807, 2.05) is 0 Å². The Bertz CT molecular complexity index is 773. The molecule has 21 heavy (non-hydrogen) atoms. The van der Waals surface area contributed by atoms with Gasteiger partial charge in [0.1, 0.15) is 0 Å². The van der Waals surface area contributed by atoms with E-state index in [1.54, 1.807) is 48.3 Å². The number of carbonyl (C=O) groups excluding carboxylic acids is 2. The molecule has 0 spiro atoms. The molecule has 0 bridgehead atoms. The van der Waals surface area contributed by atoms with E-state index < -0.39 is 0 Å². The molecule has 0 radical (unpaired) electrons. The molecule has 0 saturated heterocycles. The van der Waals surface area contributed by atoms with Crippen LogP contribution in [0.25, 0.3) is 0 Å². The molecule has 3 rings (SSSR count). The molecule has 0 saturated carbocycles. The lowest BCUT2D eigenvalue weighted by Crippen LogP contribution is -2.20.